The fourth-order valence-electron chi connectivity index (χ4n) is 2.29. The highest BCUT2D eigenvalue weighted by atomic mass is 16.3. The van der Waals surface area contributed by atoms with Gasteiger partial charge in [0.25, 0.3) is 0 Å². The summed E-state index contributed by atoms with van der Waals surface area (Å²) >= 11 is 0. The lowest BCUT2D eigenvalue weighted by molar-refractivity contribution is 0.475. The molecule has 0 fully saturated rings. The maximum Gasteiger partial charge on any atom is 0.115 e. The minimum atomic E-state index is 0.196. The van der Waals surface area contributed by atoms with Crippen molar-refractivity contribution in [3.63, 3.8) is 0 Å². The third-order valence-corrected chi connectivity index (χ3v) is 3.38. The van der Waals surface area contributed by atoms with E-state index in [1.165, 1.54) is 5.39 Å². The molecule has 100 valence electrons. The van der Waals surface area contributed by atoms with Crippen LogP contribution in [0.1, 0.15) is 11.1 Å². The summed E-state index contributed by atoms with van der Waals surface area (Å²) in [6.07, 6.45) is 1.86. The number of nitrogens with zero attached hydrogens (tertiary/aromatic N) is 1. The number of phenols is 1. The molecule has 3 rings (SSSR count). The Balaban J connectivity index is 2.04. The molecular formula is C19H13NO. The zero-order valence-electron chi connectivity index (χ0n) is 11.3. The van der Waals surface area contributed by atoms with Gasteiger partial charge in [-0.25, -0.2) is 0 Å². The molecule has 0 aliphatic carbocycles. The van der Waals surface area contributed by atoms with Crippen LogP contribution >= 0.6 is 0 Å². The molecule has 0 spiro atoms. The van der Waals surface area contributed by atoms with E-state index in [4.69, 9.17) is 0 Å². The van der Waals surface area contributed by atoms with E-state index in [1.54, 1.807) is 24.3 Å². The van der Waals surface area contributed by atoms with Gasteiger partial charge in [-0.15, -0.1) is 0 Å². The van der Waals surface area contributed by atoms with E-state index in [2.05, 4.69) is 24.3 Å². The second-order valence-corrected chi connectivity index (χ2v) is 4.82. The molecule has 3 aromatic rings. The minimum Gasteiger partial charge on any atom is -0.508 e. The van der Waals surface area contributed by atoms with Crippen molar-refractivity contribution in [2.45, 2.75) is 0 Å². The van der Waals surface area contributed by atoms with Gasteiger partial charge in [-0.3, -0.25) is 0 Å². The van der Waals surface area contributed by atoms with Crippen molar-refractivity contribution in [2.75, 3.05) is 0 Å². The lowest BCUT2D eigenvalue weighted by atomic mass is 10.0. The number of benzene rings is 3. The highest BCUT2D eigenvalue weighted by molar-refractivity contribution is 5.92. The van der Waals surface area contributed by atoms with Crippen LogP contribution in [0.2, 0.25) is 0 Å². The number of hydrogen-bond acceptors (Lipinski definition) is 2. The summed E-state index contributed by atoms with van der Waals surface area (Å²) < 4.78 is 0. The van der Waals surface area contributed by atoms with E-state index >= 15 is 0 Å². The molecule has 3 aromatic carbocycles. The van der Waals surface area contributed by atoms with Gasteiger partial charge in [0.15, 0.2) is 0 Å². The SMILES string of the molecule is N#C/C(=C\c1ccc2ccccc2c1)c1ccc(O)cc1. The third kappa shape index (κ3) is 2.77. The Morgan fingerprint density at radius 1 is 0.905 bits per heavy atom. The largest absolute Gasteiger partial charge is 0.508 e. The first-order chi connectivity index (χ1) is 10.3. The normalized spacial score (nSPS) is 11.3. The molecule has 0 heterocycles. The molecule has 0 amide bonds. The summed E-state index contributed by atoms with van der Waals surface area (Å²) in [6.45, 7) is 0. The van der Waals surface area contributed by atoms with Crippen LogP contribution in [0.4, 0.5) is 0 Å². The van der Waals surface area contributed by atoms with Gasteiger partial charge < -0.3 is 5.11 Å². The van der Waals surface area contributed by atoms with E-state index in [9.17, 15) is 10.4 Å². The van der Waals surface area contributed by atoms with Crippen LogP contribution in [0.5, 0.6) is 5.75 Å². The topological polar surface area (TPSA) is 44.0 Å². The quantitative estimate of drug-likeness (QED) is 0.546. The predicted octanol–water partition coefficient (Wildman–Crippen LogP) is 4.61. The number of aromatic hydroxyl groups is 1. The van der Waals surface area contributed by atoms with Crippen molar-refractivity contribution in [3.8, 4) is 11.8 Å². The van der Waals surface area contributed by atoms with Crippen molar-refractivity contribution in [1.29, 1.82) is 5.26 Å². The van der Waals surface area contributed by atoms with Crippen LogP contribution in [0.3, 0.4) is 0 Å². The Kier molecular flexibility index (Phi) is 3.41. The van der Waals surface area contributed by atoms with Crippen molar-refractivity contribution < 1.29 is 5.11 Å². The van der Waals surface area contributed by atoms with Gasteiger partial charge in [0.05, 0.1) is 11.6 Å². The highest BCUT2D eigenvalue weighted by Crippen LogP contribution is 2.22. The van der Waals surface area contributed by atoms with Crippen LogP contribution in [0, 0.1) is 11.3 Å². The second-order valence-electron chi connectivity index (χ2n) is 4.82. The Bertz CT molecular complexity index is 855. The summed E-state index contributed by atoms with van der Waals surface area (Å²) in [5.74, 6) is 0.196. The average Bonchev–Trinajstić information content (AvgIpc) is 2.53. The monoisotopic (exact) mass is 271 g/mol. The number of hydrogen-bond donors (Lipinski definition) is 1. The molecule has 0 saturated heterocycles. The second kappa shape index (κ2) is 5.52. The predicted molar refractivity (Wildman–Crippen MR) is 85.5 cm³/mol. The van der Waals surface area contributed by atoms with Crippen molar-refractivity contribution in [2.24, 2.45) is 0 Å². The smallest absolute Gasteiger partial charge is 0.115 e. The first-order valence-corrected chi connectivity index (χ1v) is 6.66. The van der Waals surface area contributed by atoms with E-state index < -0.39 is 0 Å². The zero-order chi connectivity index (χ0) is 14.7. The van der Waals surface area contributed by atoms with E-state index in [1.807, 2.05) is 30.3 Å². The number of nitriles is 1. The molecule has 2 nitrogen and oxygen atoms in total. The molecule has 0 aromatic heterocycles. The molecule has 0 radical (unpaired) electrons. The lowest BCUT2D eigenvalue weighted by Crippen LogP contribution is -1.82. The van der Waals surface area contributed by atoms with Gasteiger partial charge in [0.2, 0.25) is 0 Å². The fourth-order valence-corrected chi connectivity index (χ4v) is 2.29. The Morgan fingerprint density at radius 3 is 2.33 bits per heavy atom. The first-order valence-electron chi connectivity index (χ1n) is 6.66. The molecule has 0 saturated carbocycles. The Hall–Kier alpha value is -3.05. The van der Waals surface area contributed by atoms with Gasteiger partial charge in [0, 0.05) is 0 Å². The van der Waals surface area contributed by atoms with Crippen molar-refractivity contribution in [1.82, 2.24) is 0 Å². The molecular weight excluding hydrogens is 258 g/mol. The summed E-state index contributed by atoms with van der Waals surface area (Å²) in [5.41, 5.74) is 2.35. The van der Waals surface area contributed by atoms with Crippen molar-refractivity contribution in [3.05, 3.63) is 77.9 Å². The van der Waals surface area contributed by atoms with Gasteiger partial charge in [-0.05, 0) is 58.3 Å². The molecule has 2 heteroatoms. The molecule has 0 aliphatic rings. The van der Waals surface area contributed by atoms with E-state index in [0.29, 0.717) is 5.57 Å². The summed E-state index contributed by atoms with van der Waals surface area (Å²) in [7, 11) is 0. The maximum atomic E-state index is 9.34. The van der Waals surface area contributed by atoms with Crippen LogP contribution in [-0.2, 0) is 0 Å². The van der Waals surface area contributed by atoms with Crippen LogP contribution < -0.4 is 0 Å². The minimum absolute atomic E-state index is 0.196. The number of allylic oxidation sites excluding steroid dienone is 1. The lowest BCUT2D eigenvalue weighted by Gasteiger charge is -2.02. The maximum absolute atomic E-state index is 9.34. The molecule has 0 unspecified atom stereocenters. The van der Waals surface area contributed by atoms with Crippen molar-refractivity contribution >= 4 is 22.4 Å². The highest BCUT2D eigenvalue weighted by Gasteiger charge is 2.02. The van der Waals surface area contributed by atoms with Crippen LogP contribution in [0.15, 0.2) is 66.7 Å². The van der Waals surface area contributed by atoms with Gasteiger partial charge in [-0.2, -0.15) is 5.26 Å². The number of fused-ring (bicyclic) bond motifs is 1. The molecule has 1 N–H and O–H groups in total. The summed E-state index contributed by atoms with van der Waals surface area (Å²) in [5, 5.41) is 21.0. The summed E-state index contributed by atoms with van der Waals surface area (Å²) in [6, 6.07) is 23.1. The zero-order valence-corrected chi connectivity index (χ0v) is 11.3. The van der Waals surface area contributed by atoms with Gasteiger partial charge >= 0.3 is 0 Å². The fraction of sp³-hybridized carbons (Fsp3) is 0. The summed E-state index contributed by atoms with van der Waals surface area (Å²) in [4.78, 5) is 0. The number of phenolic OH excluding ortho intramolecular Hbond substituents is 1. The molecule has 21 heavy (non-hydrogen) atoms. The first kappa shape index (κ1) is 13.0. The Morgan fingerprint density at radius 2 is 1.62 bits per heavy atom. The Labute approximate surface area is 123 Å². The van der Waals surface area contributed by atoms with Gasteiger partial charge in [-0.1, -0.05) is 36.4 Å². The molecule has 0 aliphatic heterocycles. The van der Waals surface area contributed by atoms with Crippen LogP contribution in [0.25, 0.3) is 22.4 Å². The standard InChI is InChI=1S/C19H13NO/c20-13-18(16-7-9-19(21)10-8-16)12-14-5-6-15-3-1-2-4-17(15)11-14/h1-12,21H/b18-12+. The average molecular weight is 271 g/mol. The van der Waals surface area contributed by atoms with E-state index in [0.717, 1.165) is 16.5 Å². The number of rotatable bonds is 2. The van der Waals surface area contributed by atoms with Gasteiger partial charge in [0.1, 0.15) is 5.75 Å². The van der Waals surface area contributed by atoms with E-state index in [-0.39, 0.29) is 5.75 Å². The van der Waals surface area contributed by atoms with Crippen LogP contribution in [-0.4, -0.2) is 5.11 Å². The molecule has 0 atom stereocenters. The molecule has 0 bridgehead atoms. The third-order valence-electron chi connectivity index (χ3n) is 3.38.